The molecule has 0 aliphatic rings. The zero-order chi connectivity index (χ0) is 23.2. The van der Waals surface area contributed by atoms with Gasteiger partial charge in [0.05, 0.1) is 25.5 Å². The van der Waals surface area contributed by atoms with Gasteiger partial charge in [0.2, 0.25) is 0 Å². The fourth-order valence-corrected chi connectivity index (χ4v) is 3.72. The van der Waals surface area contributed by atoms with Crippen LogP contribution < -0.4 is 9.47 Å². The summed E-state index contributed by atoms with van der Waals surface area (Å²) < 4.78 is 11.1. The first-order valence-corrected chi connectivity index (χ1v) is 10.5. The molecule has 6 nitrogen and oxygen atoms in total. The molecule has 1 aromatic heterocycles. The Kier molecular flexibility index (Phi) is 6.58. The van der Waals surface area contributed by atoms with Gasteiger partial charge in [0.1, 0.15) is 33.6 Å². The molecule has 0 fully saturated rings. The van der Waals surface area contributed by atoms with E-state index in [-0.39, 0.29) is 0 Å². The first-order chi connectivity index (χ1) is 16.2. The number of nitrogens with one attached hydrogen (secondary N) is 1. The highest BCUT2D eigenvalue weighted by molar-refractivity contribution is 7.71. The van der Waals surface area contributed by atoms with E-state index in [9.17, 15) is 5.26 Å². The number of rotatable bonds is 6. The highest BCUT2D eigenvalue weighted by atomic mass is 32.1. The smallest absolute Gasteiger partial charge is 0.150 e. The molecule has 0 spiro atoms. The molecule has 0 amide bonds. The van der Waals surface area contributed by atoms with E-state index >= 15 is 0 Å². The maximum Gasteiger partial charge on any atom is 0.150 e. The molecule has 1 heterocycles. The molecule has 0 unspecified atom stereocenters. The molecule has 0 radical (unpaired) electrons. The summed E-state index contributed by atoms with van der Waals surface area (Å²) in [5, 5.41) is 19.0. The molecule has 3 aromatic carbocycles. The van der Waals surface area contributed by atoms with Crippen molar-refractivity contribution in [1.29, 1.82) is 5.26 Å². The Labute approximate surface area is 196 Å². The third-order valence-electron chi connectivity index (χ3n) is 5.07. The van der Waals surface area contributed by atoms with Crippen molar-refractivity contribution >= 4 is 23.6 Å². The Morgan fingerprint density at radius 3 is 2.12 bits per heavy atom. The van der Waals surface area contributed by atoms with E-state index in [0.29, 0.717) is 44.3 Å². The second-order valence-electron chi connectivity index (χ2n) is 7.01. The molecule has 0 bridgehead atoms. The standard InChI is InChI=1S/C26H20N4O2S/c1-31-19-13-14-21(22(15-19)32-2)29-30-25-23(17-9-5-3-6-10-17)20(16-27)26(33)28-24(25)18-11-7-4-8-12-18/h3-15H,1-2H3,(H,28,33). The van der Waals surface area contributed by atoms with Crippen molar-refractivity contribution in [3.8, 4) is 40.0 Å². The van der Waals surface area contributed by atoms with Crippen LogP contribution in [0.1, 0.15) is 5.56 Å². The number of azo groups is 1. The van der Waals surface area contributed by atoms with Crippen LogP contribution in [0.25, 0.3) is 22.4 Å². The van der Waals surface area contributed by atoms with E-state index in [1.807, 2.05) is 60.7 Å². The van der Waals surface area contributed by atoms with Crippen molar-refractivity contribution in [3.63, 3.8) is 0 Å². The van der Waals surface area contributed by atoms with Crippen LogP contribution in [-0.2, 0) is 0 Å². The van der Waals surface area contributed by atoms with Gasteiger partial charge in [0, 0.05) is 17.2 Å². The predicted octanol–water partition coefficient (Wildman–Crippen LogP) is 7.38. The van der Waals surface area contributed by atoms with Crippen LogP contribution in [-0.4, -0.2) is 19.2 Å². The minimum Gasteiger partial charge on any atom is -0.497 e. The van der Waals surface area contributed by atoms with Crippen molar-refractivity contribution in [1.82, 2.24) is 4.98 Å². The average Bonchev–Trinajstić information content (AvgIpc) is 2.88. The SMILES string of the molecule is COc1ccc(N=Nc2c(-c3ccccc3)[nH]c(=S)c(C#N)c2-c2ccccc2)c(OC)c1. The first kappa shape index (κ1) is 21.9. The van der Waals surface area contributed by atoms with Gasteiger partial charge in [0.25, 0.3) is 0 Å². The Morgan fingerprint density at radius 1 is 0.848 bits per heavy atom. The molecule has 1 N–H and O–H groups in total. The number of aromatic amines is 1. The van der Waals surface area contributed by atoms with E-state index in [2.05, 4.69) is 21.3 Å². The first-order valence-electron chi connectivity index (χ1n) is 10.1. The number of H-pyrrole nitrogens is 1. The molecule has 0 aliphatic heterocycles. The fourth-order valence-electron chi connectivity index (χ4n) is 3.47. The molecule has 0 atom stereocenters. The third-order valence-corrected chi connectivity index (χ3v) is 5.38. The molecule has 33 heavy (non-hydrogen) atoms. The van der Waals surface area contributed by atoms with Crippen LogP contribution in [0.2, 0.25) is 0 Å². The van der Waals surface area contributed by atoms with E-state index in [0.717, 1.165) is 11.1 Å². The van der Waals surface area contributed by atoms with Gasteiger partial charge in [-0.3, -0.25) is 0 Å². The summed E-state index contributed by atoms with van der Waals surface area (Å²) in [4.78, 5) is 3.19. The normalized spacial score (nSPS) is 10.7. The Morgan fingerprint density at radius 2 is 1.52 bits per heavy atom. The van der Waals surface area contributed by atoms with Gasteiger partial charge < -0.3 is 14.5 Å². The van der Waals surface area contributed by atoms with E-state index < -0.39 is 0 Å². The van der Waals surface area contributed by atoms with Crippen molar-refractivity contribution in [2.75, 3.05) is 14.2 Å². The summed E-state index contributed by atoms with van der Waals surface area (Å²) in [7, 11) is 3.15. The van der Waals surface area contributed by atoms with Gasteiger partial charge >= 0.3 is 0 Å². The Bertz CT molecular complexity index is 1410. The monoisotopic (exact) mass is 452 g/mol. The molecule has 0 saturated carbocycles. The van der Waals surface area contributed by atoms with Crippen molar-refractivity contribution < 1.29 is 9.47 Å². The lowest BCUT2D eigenvalue weighted by atomic mass is 9.97. The molecule has 4 rings (SSSR count). The predicted molar refractivity (Wildman–Crippen MR) is 131 cm³/mol. The summed E-state index contributed by atoms with van der Waals surface area (Å²) in [5.74, 6) is 1.17. The third kappa shape index (κ3) is 4.52. The lowest BCUT2D eigenvalue weighted by Crippen LogP contribution is -1.95. The lowest BCUT2D eigenvalue weighted by molar-refractivity contribution is 0.395. The number of aromatic nitrogens is 1. The van der Waals surface area contributed by atoms with Crippen LogP contribution in [0.4, 0.5) is 11.4 Å². The van der Waals surface area contributed by atoms with Gasteiger partial charge in [-0.25, -0.2) is 0 Å². The summed E-state index contributed by atoms with van der Waals surface area (Å²) in [6.07, 6.45) is 0. The number of nitriles is 1. The topological polar surface area (TPSA) is 82.8 Å². The van der Waals surface area contributed by atoms with Gasteiger partial charge in [-0.05, 0) is 17.7 Å². The maximum absolute atomic E-state index is 9.93. The van der Waals surface area contributed by atoms with E-state index in [1.165, 1.54) is 0 Å². The zero-order valence-electron chi connectivity index (χ0n) is 18.1. The van der Waals surface area contributed by atoms with Crippen molar-refractivity contribution in [2.45, 2.75) is 0 Å². The number of nitrogens with zero attached hydrogens (tertiary/aromatic N) is 3. The van der Waals surface area contributed by atoms with Gasteiger partial charge in [-0.15, -0.1) is 10.2 Å². The van der Waals surface area contributed by atoms with Crippen molar-refractivity contribution in [2.24, 2.45) is 10.2 Å². The maximum atomic E-state index is 9.93. The second kappa shape index (κ2) is 9.90. The lowest BCUT2D eigenvalue weighted by Gasteiger charge is -2.14. The highest BCUT2D eigenvalue weighted by Gasteiger charge is 2.19. The average molecular weight is 453 g/mol. The quantitative estimate of drug-likeness (QED) is 0.244. The van der Waals surface area contributed by atoms with Crippen molar-refractivity contribution in [3.05, 3.63) is 89.1 Å². The number of methoxy groups -OCH3 is 2. The molecular weight excluding hydrogens is 432 g/mol. The molecular formula is C26H20N4O2S. The van der Waals surface area contributed by atoms with Crippen LogP contribution in [0.3, 0.4) is 0 Å². The Balaban J connectivity index is 2.01. The van der Waals surface area contributed by atoms with Gasteiger partial charge in [-0.1, -0.05) is 72.9 Å². The van der Waals surface area contributed by atoms with Crippen LogP contribution in [0.15, 0.2) is 89.1 Å². The largest absolute Gasteiger partial charge is 0.497 e. The summed E-state index contributed by atoms with van der Waals surface area (Å²) in [6, 6.07) is 26.8. The number of benzene rings is 3. The van der Waals surface area contributed by atoms with Crippen LogP contribution >= 0.6 is 12.2 Å². The minimum absolute atomic E-state index is 0.339. The molecule has 0 aliphatic carbocycles. The second-order valence-corrected chi connectivity index (χ2v) is 7.42. The fraction of sp³-hybridized carbons (Fsp3) is 0.0769. The molecule has 4 aromatic rings. The summed E-state index contributed by atoms with van der Waals surface area (Å²) in [6.45, 7) is 0. The van der Waals surface area contributed by atoms with Crippen LogP contribution in [0, 0.1) is 16.0 Å². The highest BCUT2D eigenvalue weighted by Crippen LogP contribution is 2.42. The number of hydrogen-bond donors (Lipinski definition) is 1. The summed E-state index contributed by atoms with van der Waals surface area (Å²) in [5.41, 5.74) is 4.37. The van der Waals surface area contributed by atoms with Gasteiger partial charge in [-0.2, -0.15) is 5.26 Å². The summed E-state index contributed by atoms with van der Waals surface area (Å²) >= 11 is 5.55. The molecule has 162 valence electrons. The molecule has 7 heteroatoms. The number of pyridine rings is 1. The van der Waals surface area contributed by atoms with E-state index in [4.69, 9.17) is 21.7 Å². The van der Waals surface area contributed by atoms with Crippen LogP contribution in [0.5, 0.6) is 11.5 Å². The number of ether oxygens (including phenoxy) is 2. The van der Waals surface area contributed by atoms with E-state index in [1.54, 1.807) is 32.4 Å². The Hall–Kier alpha value is -4.28. The minimum atomic E-state index is 0.339. The zero-order valence-corrected chi connectivity index (χ0v) is 18.9. The van der Waals surface area contributed by atoms with Gasteiger partial charge in [0.15, 0.2) is 0 Å². The number of hydrogen-bond acceptors (Lipinski definition) is 6. The molecule has 0 saturated heterocycles.